The van der Waals surface area contributed by atoms with E-state index >= 15 is 0 Å². The second-order valence-corrected chi connectivity index (χ2v) is 6.57. The normalized spacial score (nSPS) is 10.4. The highest BCUT2D eigenvalue weighted by atomic mass is 79.9. The molecule has 0 amide bonds. The standard InChI is InChI=1S/C17H18BrFN2S/c1-10-6-12(3)16(7-11(10)2)21-17(22)20-9-13-4-5-15(19)14(18)8-13/h4-8H,9H2,1-3H3,(H2,20,21,22). The van der Waals surface area contributed by atoms with Crippen molar-refractivity contribution in [3.05, 3.63) is 62.9 Å². The average Bonchev–Trinajstić information content (AvgIpc) is 2.46. The molecule has 0 spiro atoms. The van der Waals surface area contributed by atoms with Crippen LogP contribution in [0.1, 0.15) is 22.3 Å². The Kier molecular flexibility index (Phi) is 5.53. The third kappa shape index (κ3) is 4.27. The number of rotatable bonds is 3. The van der Waals surface area contributed by atoms with E-state index in [0.717, 1.165) is 16.8 Å². The molecule has 0 aliphatic carbocycles. The van der Waals surface area contributed by atoms with E-state index in [1.165, 1.54) is 17.2 Å². The fourth-order valence-electron chi connectivity index (χ4n) is 2.09. The number of benzene rings is 2. The van der Waals surface area contributed by atoms with Gasteiger partial charge >= 0.3 is 0 Å². The largest absolute Gasteiger partial charge is 0.358 e. The van der Waals surface area contributed by atoms with Crippen LogP contribution in [0.2, 0.25) is 0 Å². The van der Waals surface area contributed by atoms with Crippen LogP contribution in [0, 0.1) is 26.6 Å². The van der Waals surface area contributed by atoms with E-state index in [2.05, 4.69) is 59.5 Å². The van der Waals surface area contributed by atoms with Crippen molar-refractivity contribution in [2.45, 2.75) is 27.3 Å². The summed E-state index contributed by atoms with van der Waals surface area (Å²) in [7, 11) is 0. The summed E-state index contributed by atoms with van der Waals surface area (Å²) in [5.74, 6) is -0.268. The van der Waals surface area contributed by atoms with Crippen LogP contribution in [0.5, 0.6) is 0 Å². The summed E-state index contributed by atoms with van der Waals surface area (Å²) in [5, 5.41) is 6.89. The number of nitrogens with one attached hydrogen (secondary N) is 2. The molecule has 0 atom stereocenters. The van der Waals surface area contributed by atoms with E-state index in [0.29, 0.717) is 16.1 Å². The fraction of sp³-hybridized carbons (Fsp3) is 0.235. The Hall–Kier alpha value is -1.46. The number of anilines is 1. The maximum atomic E-state index is 13.2. The molecule has 0 heterocycles. The molecule has 2 aromatic carbocycles. The lowest BCUT2D eigenvalue weighted by Gasteiger charge is -2.14. The zero-order valence-corrected chi connectivity index (χ0v) is 15.2. The first kappa shape index (κ1) is 16.9. The van der Waals surface area contributed by atoms with Gasteiger partial charge in [0.2, 0.25) is 0 Å². The third-order valence-electron chi connectivity index (χ3n) is 3.53. The van der Waals surface area contributed by atoms with Gasteiger partial charge in [0.15, 0.2) is 5.11 Å². The van der Waals surface area contributed by atoms with E-state index in [1.807, 2.05) is 0 Å². The lowest BCUT2D eigenvalue weighted by Crippen LogP contribution is -2.28. The first-order valence-corrected chi connectivity index (χ1v) is 8.13. The van der Waals surface area contributed by atoms with Crippen molar-refractivity contribution in [3.63, 3.8) is 0 Å². The van der Waals surface area contributed by atoms with Crippen LogP contribution in [-0.4, -0.2) is 5.11 Å². The maximum Gasteiger partial charge on any atom is 0.171 e. The van der Waals surface area contributed by atoms with Crippen molar-refractivity contribution in [1.82, 2.24) is 5.32 Å². The summed E-state index contributed by atoms with van der Waals surface area (Å²) in [4.78, 5) is 0. The minimum Gasteiger partial charge on any atom is -0.358 e. The van der Waals surface area contributed by atoms with Gasteiger partial charge in [-0.2, -0.15) is 0 Å². The molecule has 0 bridgehead atoms. The van der Waals surface area contributed by atoms with Crippen molar-refractivity contribution in [1.29, 1.82) is 0 Å². The molecule has 0 saturated heterocycles. The van der Waals surface area contributed by atoms with Crippen LogP contribution >= 0.6 is 28.1 Å². The third-order valence-corrected chi connectivity index (χ3v) is 4.38. The van der Waals surface area contributed by atoms with Gasteiger partial charge in [0, 0.05) is 12.2 Å². The van der Waals surface area contributed by atoms with Gasteiger partial charge in [-0.15, -0.1) is 0 Å². The molecule has 0 aliphatic rings. The molecule has 5 heteroatoms. The molecule has 0 aliphatic heterocycles. The minimum absolute atomic E-state index is 0.268. The van der Waals surface area contributed by atoms with Gasteiger partial charge in [-0.25, -0.2) is 4.39 Å². The Labute approximate surface area is 144 Å². The summed E-state index contributed by atoms with van der Waals surface area (Å²) in [6.45, 7) is 6.75. The van der Waals surface area contributed by atoms with Gasteiger partial charge in [-0.05, 0) is 89.4 Å². The summed E-state index contributed by atoms with van der Waals surface area (Å²) < 4.78 is 13.6. The second-order valence-electron chi connectivity index (χ2n) is 5.31. The molecule has 0 radical (unpaired) electrons. The van der Waals surface area contributed by atoms with Crippen LogP contribution in [-0.2, 0) is 6.54 Å². The Morgan fingerprint density at radius 2 is 1.77 bits per heavy atom. The van der Waals surface area contributed by atoms with E-state index < -0.39 is 0 Å². The summed E-state index contributed by atoms with van der Waals surface area (Å²) in [6, 6.07) is 9.14. The number of thiocarbonyl (C=S) groups is 1. The highest BCUT2D eigenvalue weighted by molar-refractivity contribution is 9.10. The molecule has 2 nitrogen and oxygen atoms in total. The first-order valence-electron chi connectivity index (χ1n) is 6.93. The van der Waals surface area contributed by atoms with Gasteiger partial charge in [-0.3, -0.25) is 0 Å². The second kappa shape index (κ2) is 7.20. The predicted octanol–water partition coefficient (Wildman–Crippen LogP) is 5.00. The van der Waals surface area contributed by atoms with Crippen LogP contribution < -0.4 is 10.6 Å². The molecule has 0 unspecified atom stereocenters. The topological polar surface area (TPSA) is 24.1 Å². The lowest BCUT2D eigenvalue weighted by molar-refractivity contribution is 0.620. The van der Waals surface area contributed by atoms with Crippen molar-refractivity contribution >= 4 is 38.9 Å². The quantitative estimate of drug-likeness (QED) is 0.732. The van der Waals surface area contributed by atoms with Crippen molar-refractivity contribution in [2.24, 2.45) is 0 Å². The van der Waals surface area contributed by atoms with E-state index in [1.54, 1.807) is 12.1 Å². The van der Waals surface area contributed by atoms with Gasteiger partial charge in [0.05, 0.1) is 4.47 Å². The number of halogens is 2. The molecule has 22 heavy (non-hydrogen) atoms. The predicted molar refractivity (Wildman–Crippen MR) is 97.8 cm³/mol. The Balaban J connectivity index is 1.98. The molecule has 2 rings (SSSR count). The minimum atomic E-state index is -0.268. The van der Waals surface area contributed by atoms with Gasteiger partial charge in [0.1, 0.15) is 5.82 Å². The molecule has 2 N–H and O–H groups in total. The molecule has 116 valence electrons. The molecular weight excluding hydrogens is 363 g/mol. The smallest absolute Gasteiger partial charge is 0.171 e. The van der Waals surface area contributed by atoms with E-state index in [4.69, 9.17) is 12.2 Å². The zero-order chi connectivity index (χ0) is 16.3. The van der Waals surface area contributed by atoms with Crippen molar-refractivity contribution in [2.75, 3.05) is 5.32 Å². The Morgan fingerprint density at radius 1 is 1.09 bits per heavy atom. The highest BCUT2D eigenvalue weighted by Gasteiger charge is 2.05. The molecule has 2 aromatic rings. The van der Waals surface area contributed by atoms with Gasteiger partial charge in [0.25, 0.3) is 0 Å². The summed E-state index contributed by atoms with van der Waals surface area (Å²) >= 11 is 8.50. The van der Waals surface area contributed by atoms with E-state index in [-0.39, 0.29) is 5.82 Å². The summed E-state index contributed by atoms with van der Waals surface area (Å²) in [6.07, 6.45) is 0. The van der Waals surface area contributed by atoms with Crippen LogP contribution in [0.4, 0.5) is 10.1 Å². The first-order chi connectivity index (χ1) is 10.4. The van der Waals surface area contributed by atoms with Crippen molar-refractivity contribution in [3.8, 4) is 0 Å². The average molecular weight is 381 g/mol. The Bertz CT molecular complexity index is 716. The molecular formula is C17H18BrFN2S. The van der Waals surface area contributed by atoms with Gasteiger partial charge < -0.3 is 10.6 Å². The van der Waals surface area contributed by atoms with Crippen LogP contribution in [0.3, 0.4) is 0 Å². The summed E-state index contributed by atoms with van der Waals surface area (Å²) in [5.41, 5.74) is 5.59. The van der Waals surface area contributed by atoms with Crippen molar-refractivity contribution < 1.29 is 4.39 Å². The lowest BCUT2D eigenvalue weighted by atomic mass is 10.1. The molecule has 0 aromatic heterocycles. The number of aryl methyl sites for hydroxylation is 3. The van der Waals surface area contributed by atoms with Crippen LogP contribution in [0.15, 0.2) is 34.8 Å². The fourth-order valence-corrected chi connectivity index (χ4v) is 2.70. The SMILES string of the molecule is Cc1cc(C)c(NC(=S)NCc2ccc(F)c(Br)c2)cc1C. The maximum absolute atomic E-state index is 13.2. The zero-order valence-electron chi connectivity index (χ0n) is 12.8. The highest BCUT2D eigenvalue weighted by Crippen LogP contribution is 2.20. The van der Waals surface area contributed by atoms with Crippen LogP contribution in [0.25, 0.3) is 0 Å². The monoisotopic (exact) mass is 380 g/mol. The molecule has 0 fully saturated rings. The molecule has 0 saturated carbocycles. The van der Waals surface area contributed by atoms with E-state index in [9.17, 15) is 4.39 Å². The number of hydrogen-bond donors (Lipinski definition) is 2. The van der Waals surface area contributed by atoms with Gasteiger partial charge in [-0.1, -0.05) is 12.1 Å². The Morgan fingerprint density at radius 3 is 2.45 bits per heavy atom. The number of hydrogen-bond acceptors (Lipinski definition) is 1.